The molecule has 0 spiro atoms. The molecule has 1 saturated heterocycles. The van der Waals surface area contributed by atoms with Crippen LogP contribution in [0.5, 0.6) is 0 Å². The van der Waals surface area contributed by atoms with E-state index in [1.54, 1.807) is 0 Å². The summed E-state index contributed by atoms with van der Waals surface area (Å²) in [5, 5.41) is 0. The van der Waals surface area contributed by atoms with E-state index in [2.05, 4.69) is 13.8 Å². The van der Waals surface area contributed by atoms with Gasteiger partial charge in [-0.3, -0.25) is 4.79 Å². The van der Waals surface area contributed by atoms with Gasteiger partial charge in [-0.05, 0) is 31.2 Å². The third kappa shape index (κ3) is 3.82. The van der Waals surface area contributed by atoms with Gasteiger partial charge in [-0.25, -0.2) is 0 Å². The molecule has 88 valence electrons. The van der Waals surface area contributed by atoms with E-state index in [1.807, 2.05) is 4.90 Å². The van der Waals surface area contributed by atoms with E-state index >= 15 is 0 Å². The second-order valence-corrected chi connectivity index (χ2v) is 4.90. The lowest BCUT2D eigenvalue weighted by Crippen LogP contribution is -2.26. The average molecular weight is 212 g/mol. The fourth-order valence-corrected chi connectivity index (χ4v) is 2.09. The molecule has 15 heavy (non-hydrogen) atoms. The first kappa shape index (κ1) is 12.5. The highest BCUT2D eigenvalue weighted by atomic mass is 16.2. The highest BCUT2D eigenvalue weighted by molar-refractivity contribution is 5.78. The van der Waals surface area contributed by atoms with Crippen molar-refractivity contribution in [2.75, 3.05) is 19.6 Å². The van der Waals surface area contributed by atoms with Crippen LogP contribution in [-0.4, -0.2) is 30.4 Å². The Morgan fingerprint density at radius 3 is 2.67 bits per heavy atom. The quantitative estimate of drug-likeness (QED) is 0.680. The van der Waals surface area contributed by atoms with Gasteiger partial charge < -0.3 is 10.6 Å². The maximum atomic E-state index is 11.7. The summed E-state index contributed by atoms with van der Waals surface area (Å²) in [6, 6.07) is 0. The maximum absolute atomic E-state index is 11.7. The molecule has 1 heterocycles. The predicted molar refractivity (Wildman–Crippen MR) is 62.4 cm³/mol. The summed E-state index contributed by atoms with van der Waals surface area (Å²) in [5.74, 6) is 1.55. The van der Waals surface area contributed by atoms with Crippen LogP contribution in [-0.2, 0) is 4.79 Å². The van der Waals surface area contributed by atoms with Gasteiger partial charge in [-0.1, -0.05) is 20.3 Å². The summed E-state index contributed by atoms with van der Waals surface area (Å²) in [5.41, 5.74) is 5.43. The second-order valence-electron chi connectivity index (χ2n) is 4.90. The summed E-state index contributed by atoms with van der Waals surface area (Å²) in [7, 11) is 0. The molecule has 0 aromatic heterocycles. The van der Waals surface area contributed by atoms with E-state index in [9.17, 15) is 4.79 Å². The van der Waals surface area contributed by atoms with E-state index in [1.165, 1.54) is 0 Å². The minimum atomic E-state index is 0.349. The molecule has 1 rings (SSSR count). The first-order chi connectivity index (χ1) is 7.15. The molecule has 2 N–H and O–H groups in total. The number of likely N-dealkylation sites (tertiary alicyclic amines) is 1. The summed E-state index contributed by atoms with van der Waals surface area (Å²) >= 11 is 0. The van der Waals surface area contributed by atoms with Crippen LogP contribution in [0.25, 0.3) is 0 Å². The molecule has 0 saturated carbocycles. The largest absolute Gasteiger partial charge is 0.342 e. The number of nitrogens with zero attached hydrogens (tertiary/aromatic N) is 1. The van der Waals surface area contributed by atoms with Crippen LogP contribution in [0, 0.1) is 11.8 Å². The Morgan fingerprint density at radius 2 is 2.13 bits per heavy atom. The zero-order valence-corrected chi connectivity index (χ0v) is 10.0. The van der Waals surface area contributed by atoms with Gasteiger partial charge in [-0.15, -0.1) is 0 Å². The van der Waals surface area contributed by atoms with Crippen LogP contribution >= 0.6 is 0 Å². The van der Waals surface area contributed by atoms with Crippen LogP contribution in [0.1, 0.15) is 39.5 Å². The van der Waals surface area contributed by atoms with E-state index in [4.69, 9.17) is 5.73 Å². The Labute approximate surface area is 93.0 Å². The standard InChI is InChI=1S/C12H24N2O/c1-10(2)11-8-12(15)14(9-11)7-5-3-4-6-13/h10-11H,3-9,13H2,1-2H3. The van der Waals surface area contributed by atoms with E-state index in [-0.39, 0.29) is 0 Å². The van der Waals surface area contributed by atoms with Crippen LogP contribution in [0.2, 0.25) is 0 Å². The fraction of sp³-hybridized carbons (Fsp3) is 0.917. The fourth-order valence-electron chi connectivity index (χ4n) is 2.09. The summed E-state index contributed by atoms with van der Waals surface area (Å²) in [6.45, 7) is 7.08. The molecule has 1 unspecified atom stereocenters. The van der Waals surface area contributed by atoms with Crippen LogP contribution in [0.15, 0.2) is 0 Å². The molecule has 1 amide bonds. The molecule has 0 bridgehead atoms. The van der Waals surface area contributed by atoms with Crippen molar-refractivity contribution in [3.63, 3.8) is 0 Å². The zero-order valence-electron chi connectivity index (χ0n) is 10.0. The van der Waals surface area contributed by atoms with Crippen molar-refractivity contribution in [3.05, 3.63) is 0 Å². The molecule has 0 aliphatic carbocycles. The molecule has 3 nitrogen and oxygen atoms in total. The normalized spacial score (nSPS) is 21.7. The third-order valence-corrected chi connectivity index (χ3v) is 3.32. The smallest absolute Gasteiger partial charge is 0.222 e. The van der Waals surface area contributed by atoms with Crippen LogP contribution < -0.4 is 5.73 Å². The first-order valence-electron chi connectivity index (χ1n) is 6.13. The summed E-state index contributed by atoms with van der Waals surface area (Å²) in [6.07, 6.45) is 4.09. The Bertz CT molecular complexity index is 204. The van der Waals surface area contributed by atoms with Crippen LogP contribution in [0.4, 0.5) is 0 Å². The van der Waals surface area contributed by atoms with Crippen molar-refractivity contribution in [2.45, 2.75) is 39.5 Å². The minimum Gasteiger partial charge on any atom is -0.342 e. The average Bonchev–Trinajstić information content (AvgIpc) is 2.55. The van der Waals surface area contributed by atoms with Crippen molar-refractivity contribution >= 4 is 5.91 Å². The Morgan fingerprint density at radius 1 is 1.40 bits per heavy atom. The maximum Gasteiger partial charge on any atom is 0.222 e. The third-order valence-electron chi connectivity index (χ3n) is 3.32. The Hall–Kier alpha value is -0.570. The van der Waals surface area contributed by atoms with Gasteiger partial charge in [-0.2, -0.15) is 0 Å². The zero-order chi connectivity index (χ0) is 11.3. The summed E-state index contributed by atoms with van der Waals surface area (Å²) in [4.78, 5) is 13.7. The van der Waals surface area contributed by atoms with Crippen molar-refractivity contribution in [1.82, 2.24) is 4.90 Å². The number of carbonyl (C=O) groups is 1. The molecular formula is C12H24N2O. The van der Waals surface area contributed by atoms with Crippen LogP contribution in [0.3, 0.4) is 0 Å². The first-order valence-corrected chi connectivity index (χ1v) is 6.13. The minimum absolute atomic E-state index is 0.349. The van der Waals surface area contributed by atoms with Gasteiger partial charge in [0.1, 0.15) is 0 Å². The molecule has 0 radical (unpaired) electrons. The van der Waals surface area contributed by atoms with Gasteiger partial charge in [0.05, 0.1) is 0 Å². The highest BCUT2D eigenvalue weighted by Gasteiger charge is 2.30. The number of unbranched alkanes of at least 4 members (excludes halogenated alkanes) is 2. The van der Waals surface area contributed by atoms with E-state index in [0.29, 0.717) is 17.7 Å². The van der Waals surface area contributed by atoms with Gasteiger partial charge in [0.2, 0.25) is 5.91 Å². The van der Waals surface area contributed by atoms with Crippen molar-refractivity contribution < 1.29 is 4.79 Å². The van der Waals surface area contributed by atoms with Crippen molar-refractivity contribution in [2.24, 2.45) is 17.6 Å². The number of amides is 1. The lowest BCUT2D eigenvalue weighted by molar-refractivity contribution is -0.127. The molecule has 0 aromatic carbocycles. The summed E-state index contributed by atoms with van der Waals surface area (Å²) < 4.78 is 0. The number of carbonyl (C=O) groups excluding carboxylic acids is 1. The van der Waals surface area contributed by atoms with Gasteiger partial charge in [0.15, 0.2) is 0 Å². The lowest BCUT2D eigenvalue weighted by Gasteiger charge is -2.17. The number of hydrogen-bond acceptors (Lipinski definition) is 2. The molecular weight excluding hydrogens is 188 g/mol. The molecule has 1 fully saturated rings. The van der Waals surface area contributed by atoms with Gasteiger partial charge >= 0.3 is 0 Å². The number of nitrogens with two attached hydrogens (primary N) is 1. The molecule has 3 heteroatoms. The predicted octanol–water partition coefficient (Wildman–Crippen LogP) is 1.62. The number of hydrogen-bond donors (Lipinski definition) is 1. The Balaban J connectivity index is 2.22. The van der Waals surface area contributed by atoms with Gasteiger partial charge in [0, 0.05) is 19.5 Å². The lowest BCUT2D eigenvalue weighted by atomic mass is 9.95. The van der Waals surface area contributed by atoms with Gasteiger partial charge in [0.25, 0.3) is 0 Å². The van der Waals surface area contributed by atoms with E-state index in [0.717, 1.165) is 45.3 Å². The molecule has 0 aromatic rings. The van der Waals surface area contributed by atoms with Crippen molar-refractivity contribution in [3.8, 4) is 0 Å². The highest BCUT2D eigenvalue weighted by Crippen LogP contribution is 2.24. The second kappa shape index (κ2) is 6.11. The van der Waals surface area contributed by atoms with E-state index < -0.39 is 0 Å². The molecule has 1 aliphatic rings. The molecule has 1 atom stereocenters. The Kier molecular flexibility index (Phi) is 5.09. The molecule has 1 aliphatic heterocycles. The SMILES string of the molecule is CC(C)C1CC(=O)N(CCCCCN)C1. The topological polar surface area (TPSA) is 46.3 Å². The monoisotopic (exact) mass is 212 g/mol. The van der Waals surface area contributed by atoms with Crippen molar-refractivity contribution in [1.29, 1.82) is 0 Å². The number of rotatable bonds is 6.